The van der Waals surface area contributed by atoms with E-state index < -0.39 is 9.84 Å². The van der Waals surface area contributed by atoms with Crippen LogP contribution in [0.5, 0.6) is 0 Å². The largest absolute Gasteiger partial charge is 0.297 e. The molecule has 0 aromatic carbocycles. The molecule has 0 unspecified atom stereocenters. The Kier molecular flexibility index (Phi) is 3.79. The molecule has 2 aromatic rings. The molecule has 0 saturated heterocycles. The van der Waals surface area contributed by atoms with Crippen molar-refractivity contribution in [1.29, 1.82) is 0 Å². The zero-order valence-electron chi connectivity index (χ0n) is 12.1. The molecule has 116 valence electrons. The quantitative estimate of drug-likeness (QED) is 0.807. The Balaban J connectivity index is 1.89. The lowest BCUT2D eigenvalue weighted by Crippen LogP contribution is -2.35. The number of fused-ring (bicyclic) bond motifs is 1. The highest BCUT2D eigenvalue weighted by Gasteiger charge is 2.23. The van der Waals surface area contributed by atoms with Crippen LogP contribution in [0.2, 0.25) is 0 Å². The van der Waals surface area contributed by atoms with Gasteiger partial charge < -0.3 is 0 Å². The molecule has 0 amide bonds. The SMILES string of the molecule is CS(=O)(=O)c1nc2c(c(=O)[nH]1)CCN(Cc1cccnc1)C2. The monoisotopic (exact) mass is 320 g/mol. The number of nitrogens with zero attached hydrogens (tertiary/aromatic N) is 3. The maximum absolute atomic E-state index is 12.0. The third-order valence-corrected chi connectivity index (χ3v) is 4.51. The molecule has 0 atom stereocenters. The highest BCUT2D eigenvalue weighted by Crippen LogP contribution is 2.17. The van der Waals surface area contributed by atoms with Crippen molar-refractivity contribution in [3.63, 3.8) is 0 Å². The van der Waals surface area contributed by atoms with E-state index in [4.69, 9.17) is 0 Å². The molecule has 22 heavy (non-hydrogen) atoms. The van der Waals surface area contributed by atoms with Crippen molar-refractivity contribution in [2.24, 2.45) is 0 Å². The second kappa shape index (κ2) is 5.62. The number of H-pyrrole nitrogens is 1. The van der Waals surface area contributed by atoms with E-state index in [0.717, 1.165) is 18.4 Å². The Hall–Kier alpha value is -2.06. The average Bonchev–Trinajstić information content (AvgIpc) is 2.47. The van der Waals surface area contributed by atoms with Crippen LogP contribution in [0.1, 0.15) is 16.8 Å². The van der Waals surface area contributed by atoms with Gasteiger partial charge in [-0.05, 0) is 18.1 Å². The predicted octanol–water partition coefficient (Wildman–Crippen LogP) is 0.127. The second-order valence-corrected chi connectivity index (χ2v) is 7.32. The molecule has 3 rings (SSSR count). The number of pyridine rings is 1. The molecule has 7 nitrogen and oxygen atoms in total. The van der Waals surface area contributed by atoms with E-state index in [1.807, 2.05) is 12.1 Å². The average molecular weight is 320 g/mol. The Morgan fingerprint density at radius 3 is 2.91 bits per heavy atom. The molecule has 1 aliphatic rings. The molecule has 0 spiro atoms. The minimum Gasteiger partial charge on any atom is -0.297 e. The normalized spacial score (nSPS) is 15.5. The van der Waals surface area contributed by atoms with Crippen molar-refractivity contribution in [1.82, 2.24) is 19.9 Å². The highest BCUT2D eigenvalue weighted by atomic mass is 32.2. The van der Waals surface area contributed by atoms with E-state index in [1.54, 1.807) is 12.4 Å². The summed E-state index contributed by atoms with van der Waals surface area (Å²) in [5, 5.41) is -0.264. The first-order chi connectivity index (χ1) is 10.4. The highest BCUT2D eigenvalue weighted by molar-refractivity contribution is 7.90. The van der Waals surface area contributed by atoms with Crippen LogP contribution in [0.25, 0.3) is 0 Å². The molecule has 2 aromatic heterocycles. The molecular formula is C14H16N4O3S. The number of aromatic amines is 1. The van der Waals surface area contributed by atoms with Crippen LogP contribution in [-0.2, 0) is 29.3 Å². The fourth-order valence-corrected chi connectivity index (χ4v) is 3.09. The summed E-state index contributed by atoms with van der Waals surface area (Å²) < 4.78 is 23.2. The molecule has 0 aliphatic carbocycles. The minimum atomic E-state index is -3.53. The molecule has 0 bridgehead atoms. The van der Waals surface area contributed by atoms with Gasteiger partial charge in [0.25, 0.3) is 5.56 Å². The predicted molar refractivity (Wildman–Crippen MR) is 80.0 cm³/mol. The summed E-state index contributed by atoms with van der Waals surface area (Å²) in [5.41, 5.74) is 1.83. The summed E-state index contributed by atoms with van der Waals surface area (Å²) in [6.45, 7) is 1.87. The van der Waals surface area contributed by atoms with E-state index in [1.165, 1.54) is 0 Å². The van der Waals surface area contributed by atoms with Gasteiger partial charge in [0, 0.05) is 43.8 Å². The molecule has 0 fully saturated rings. The number of rotatable bonds is 3. The summed E-state index contributed by atoms with van der Waals surface area (Å²) in [7, 11) is -3.53. The standard InChI is InChI=1S/C14H16N4O3S/c1-22(20,21)14-16-12-9-18(6-4-11(12)13(19)17-14)8-10-3-2-5-15-7-10/h2-3,5,7H,4,6,8-9H2,1H3,(H,16,17,19). The van der Waals surface area contributed by atoms with Crippen molar-refractivity contribution in [3.8, 4) is 0 Å². The van der Waals surface area contributed by atoms with Crippen LogP contribution in [0.4, 0.5) is 0 Å². The Morgan fingerprint density at radius 2 is 2.23 bits per heavy atom. The fourth-order valence-electron chi connectivity index (χ4n) is 2.53. The number of sulfone groups is 1. The molecule has 1 N–H and O–H groups in total. The maximum Gasteiger partial charge on any atom is 0.255 e. The van der Waals surface area contributed by atoms with E-state index >= 15 is 0 Å². The fraction of sp³-hybridized carbons (Fsp3) is 0.357. The molecular weight excluding hydrogens is 304 g/mol. The van der Waals surface area contributed by atoms with Crippen LogP contribution < -0.4 is 5.56 Å². The lowest BCUT2D eigenvalue weighted by Gasteiger charge is -2.27. The molecule has 8 heteroatoms. The second-order valence-electron chi connectivity index (χ2n) is 5.39. The van der Waals surface area contributed by atoms with E-state index in [0.29, 0.717) is 30.8 Å². The summed E-state index contributed by atoms with van der Waals surface area (Å²) in [6.07, 6.45) is 5.10. The Morgan fingerprint density at radius 1 is 1.41 bits per heavy atom. The van der Waals surface area contributed by atoms with Gasteiger partial charge in [0.05, 0.1) is 5.69 Å². The molecule has 0 saturated carbocycles. The third kappa shape index (κ3) is 3.07. The lowest BCUT2D eigenvalue weighted by molar-refractivity contribution is 0.239. The van der Waals surface area contributed by atoms with Gasteiger partial charge in [-0.2, -0.15) is 0 Å². The number of nitrogens with one attached hydrogen (secondary N) is 1. The van der Waals surface area contributed by atoms with Crippen molar-refractivity contribution in [2.45, 2.75) is 24.7 Å². The molecule has 0 radical (unpaired) electrons. The Bertz CT molecular complexity index is 846. The van der Waals surface area contributed by atoms with Crippen LogP contribution in [0.3, 0.4) is 0 Å². The van der Waals surface area contributed by atoms with Gasteiger partial charge in [0.2, 0.25) is 15.0 Å². The number of hydrogen-bond acceptors (Lipinski definition) is 6. The van der Waals surface area contributed by atoms with Crippen molar-refractivity contribution in [2.75, 3.05) is 12.8 Å². The summed E-state index contributed by atoms with van der Waals surface area (Å²) in [6, 6.07) is 3.85. The molecule has 1 aliphatic heterocycles. The van der Waals surface area contributed by atoms with Crippen molar-refractivity contribution < 1.29 is 8.42 Å². The topological polar surface area (TPSA) is 96.0 Å². The van der Waals surface area contributed by atoms with Gasteiger partial charge in [-0.15, -0.1) is 0 Å². The number of aromatic nitrogens is 3. The van der Waals surface area contributed by atoms with Gasteiger partial charge in [0.1, 0.15) is 0 Å². The zero-order chi connectivity index (χ0) is 15.7. The van der Waals surface area contributed by atoms with Crippen LogP contribution in [-0.4, -0.2) is 41.1 Å². The van der Waals surface area contributed by atoms with Gasteiger partial charge >= 0.3 is 0 Å². The van der Waals surface area contributed by atoms with E-state index in [2.05, 4.69) is 19.9 Å². The first kappa shape index (κ1) is 14.9. The van der Waals surface area contributed by atoms with E-state index in [-0.39, 0.29) is 10.7 Å². The lowest BCUT2D eigenvalue weighted by atomic mass is 10.1. The van der Waals surface area contributed by atoms with Gasteiger partial charge in [0.15, 0.2) is 0 Å². The van der Waals surface area contributed by atoms with Gasteiger partial charge in [-0.1, -0.05) is 6.07 Å². The van der Waals surface area contributed by atoms with Crippen LogP contribution in [0.15, 0.2) is 34.5 Å². The summed E-state index contributed by atoms with van der Waals surface area (Å²) in [4.78, 5) is 24.7. The summed E-state index contributed by atoms with van der Waals surface area (Å²) >= 11 is 0. The maximum atomic E-state index is 12.0. The van der Waals surface area contributed by atoms with Gasteiger partial charge in [-0.25, -0.2) is 13.4 Å². The van der Waals surface area contributed by atoms with Crippen molar-refractivity contribution in [3.05, 3.63) is 51.7 Å². The Labute approximate surface area is 128 Å². The van der Waals surface area contributed by atoms with Crippen LogP contribution >= 0.6 is 0 Å². The first-order valence-electron chi connectivity index (χ1n) is 6.87. The third-order valence-electron chi connectivity index (χ3n) is 3.61. The van der Waals surface area contributed by atoms with E-state index in [9.17, 15) is 13.2 Å². The molecule has 3 heterocycles. The van der Waals surface area contributed by atoms with Crippen molar-refractivity contribution >= 4 is 9.84 Å². The van der Waals surface area contributed by atoms with Gasteiger partial charge in [-0.3, -0.25) is 19.7 Å². The summed E-state index contributed by atoms with van der Waals surface area (Å²) in [5.74, 6) is 0. The van der Waals surface area contributed by atoms with Crippen LogP contribution in [0, 0.1) is 0 Å². The zero-order valence-corrected chi connectivity index (χ0v) is 12.9. The smallest absolute Gasteiger partial charge is 0.255 e. The minimum absolute atomic E-state index is 0.264. The number of hydrogen-bond donors (Lipinski definition) is 1. The first-order valence-corrected chi connectivity index (χ1v) is 8.76.